The van der Waals surface area contributed by atoms with Crippen molar-refractivity contribution in [3.8, 4) is 16.5 Å². The van der Waals surface area contributed by atoms with Crippen molar-refractivity contribution >= 4 is 28.1 Å². The summed E-state index contributed by atoms with van der Waals surface area (Å²) in [6, 6.07) is 8.07. The Kier molecular flexibility index (Phi) is 3.75. The van der Waals surface area contributed by atoms with Crippen LogP contribution in [0.15, 0.2) is 29.6 Å². The summed E-state index contributed by atoms with van der Waals surface area (Å²) in [4.78, 5) is 10.4. The fourth-order valence-corrected chi connectivity index (χ4v) is 3.16. The number of methoxy groups -OCH3 is 1. The van der Waals surface area contributed by atoms with Crippen LogP contribution in [0.3, 0.4) is 0 Å². The maximum atomic E-state index is 5.39. The summed E-state index contributed by atoms with van der Waals surface area (Å²) >= 11 is 1.59. The number of rotatable bonds is 4. The van der Waals surface area contributed by atoms with E-state index in [9.17, 15) is 0 Å². The lowest BCUT2D eigenvalue weighted by molar-refractivity contribution is 0.418. The van der Waals surface area contributed by atoms with Crippen molar-refractivity contribution in [1.29, 1.82) is 0 Å². The molecule has 0 amide bonds. The third-order valence-corrected chi connectivity index (χ3v) is 4.22. The fourth-order valence-electron chi connectivity index (χ4n) is 2.37. The average molecular weight is 299 g/mol. The Hall–Kier alpha value is -2.14. The number of ether oxygens (including phenoxy) is 1. The number of nitrogens with one attached hydrogen (secondary N) is 1. The van der Waals surface area contributed by atoms with Gasteiger partial charge in [-0.05, 0) is 36.9 Å². The molecule has 0 aliphatic heterocycles. The van der Waals surface area contributed by atoms with Crippen LogP contribution in [0.25, 0.3) is 21.6 Å². The highest BCUT2D eigenvalue weighted by Gasteiger charge is 2.15. The first kappa shape index (κ1) is 13.8. The second kappa shape index (κ2) is 5.69. The zero-order valence-corrected chi connectivity index (χ0v) is 13.1. The summed E-state index contributed by atoms with van der Waals surface area (Å²) in [5, 5.41) is 6.42. The quantitative estimate of drug-likeness (QED) is 0.787. The second-order valence-electron chi connectivity index (χ2n) is 4.71. The molecule has 4 nitrogen and oxygen atoms in total. The summed E-state index contributed by atoms with van der Waals surface area (Å²) in [7, 11) is 1.67. The Bertz CT molecular complexity index is 782. The topological polar surface area (TPSA) is 47.0 Å². The Morgan fingerprint density at radius 1 is 1.24 bits per heavy atom. The molecular formula is C16H17N3OS. The molecule has 0 spiro atoms. The highest BCUT2D eigenvalue weighted by Crippen LogP contribution is 2.35. The van der Waals surface area contributed by atoms with Gasteiger partial charge in [-0.25, -0.2) is 9.97 Å². The summed E-state index contributed by atoms with van der Waals surface area (Å²) in [6.45, 7) is 4.97. The van der Waals surface area contributed by atoms with Crippen molar-refractivity contribution in [3.05, 3.63) is 35.2 Å². The number of hydrogen-bond acceptors (Lipinski definition) is 5. The maximum Gasteiger partial charge on any atom is 0.176 e. The van der Waals surface area contributed by atoms with Gasteiger partial charge in [0.2, 0.25) is 0 Å². The minimum Gasteiger partial charge on any atom is -0.495 e. The smallest absolute Gasteiger partial charge is 0.176 e. The van der Waals surface area contributed by atoms with Crippen LogP contribution in [-0.4, -0.2) is 23.6 Å². The van der Waals surface area contributed by atoms with E-state index < -0.39 is 0 Å². The van der Waals surface area contributed by atoms with Crippen molar-refractivity contribution in [2.24, 2.45) is 0 Å². The van der Waals surface area contributed by atoms with E-state index >= 15 is 0 Å². The predicted molar refractivity (Wildman–Crippen MR) is 88.3 cm³/mol. The van der Waals surface area contributed by atoms with Gasteiger partial charge in [0.25, 0.3) is 0 Å². The van der Waals surface area contributed by atoms with Crippen LogP contribution >= 0.6 is 11.3 Å². The summed E-state index contributed by atoms with van der Waals surface area (Å²) in [5.41, 5.74) is 2.12. The van der Waals surface area contributed by atoms with Crippen molar-refractivity contribution < 1.29 is 4.74 Å². The van der Waals surface area contributed by atoms with E-state index in [1.165, 1.54) is 5.56 Å². The Morgan fingerprint density at radius 2 is 2.10 bits per heavy atom. The second-order valence-corrected chi connectivity index (χ2v) is 5.63. The Labute approximate surface area is 127 Å². The van der Waals surface area contributed by atoms with Gasteiger partial charge in [-0.3, -0.25) is 0 Å². The van der Waals surface area contributed by atoms with Gasteiger partial charge in [0.05, 0.1) is 12.6 Å². The molecule has 1 aromatic carbocycles. The molecule has 0 aliphatic rings. The van der Waals surface area contributed by atoms with Crippen LogP contribution in [0.1, 0.15) is 12.5 Å². The SMILES string of the molecule is CCNc1nc(-c2sccc2OC)nc2cccc(C)c12. The van der Waals surface area contributed by atoms with Crippen LogP contribution in [0.4, 0.5) is 5.82 Å². The number of anilines is 1. The molecule has 0 aliphatic carbocycles. The van der Waals surface area contributed by atoms with Gasteiger partial charge >= 0.3 is 0 Å². The molecule has 21 heavy (non-hydrogen) atoms. The van der Waals surface area contributed by atoms with Crippen LogP contribution in [-0.2, 0) is 0 Å². The predicted octanol–water partition coefficient (Wildman–Crippen LogP) is 4.11. The minimum atomic E-state index is 0.705. The fraction of sp³-hybridized carbons (Fsp3) is 0.250. The molecule has 0 saturated carbocycles. The number of fused-ring (bicyclic) bond motifs is 1. The number of thiophene rings is 1. The molecule has 1 N–H and O–H groups in total. The number of benzene rings is 1. The molecule has 0 fully saturated rings. The first-order valence-corrected chi connectivity index (χ1v) is 7.75. The number of aromatic nitrogens is 2. The normalized spacial score (nSPS) is 10.8. The van der Waals surface area contributed by atoms with E-state index in [1.54, 1.807) is 18.4 Å². The molecule has 3 rings (SSSR count). The van der Waals surface area contributed by atoms with Crippen LogP contribution in [0, 0.1) is 6.92 Å². The van der Waals surface area contributed by atoms with Gasteiger partial charge in [0.1, 0.15) is 16.4 Å². The molecule has 5 heteroatoms. The maximum absolute atomic E-state index is 5.39. The lowest BCUT2D eigenvalue weighted by Gasteiger charge is -2.11. The largest absolute Gasteiger partial charge is 0.495 e. The zero-order chi connectivity index (χ0) is 14.8. The summed E-state index contributed by atoms with van der Waals surface area (Å²) in [5.74, 6) is 2.40. The van der Waals surface area contributed by atoms with Gasteiger partial charge in [0, 0.05) is 11.9 Å². The number of hydrogen-bond donors (Lipinski definition) is 1. The number of aryl methyl sites for hydroxylation is 1. The molecule has 2 aromatic heterocycles. The van der Waals surface area contributed by atoms with Crippen molar-refractivity contribution in [2.75, 3.05) is 19.0 Å². The molecule has 0 atom stereocenters. The standard InChI is InChI=1S/C16H17N3OS/c1-4-17-15-13-10(2)6-5-7-11(13)18-16(19-15)14-12(20-3)8-9-21-14/h5-9H,4H2,1-3H3,(H,17,18,19). The third kappa shape index (κ3) is 2.45. The van der Waals surface area contributed by atoms with Crippen LogP contribution in [0.5, 0.6) is 5.75 Å². The summed E-state index contributed by atoms with van der Waals surface area (Å²) < 4.78 is 5.39. The van der Waals surface area contributed by atoms with Gasteiger partial charge in [-0.2, -0.15) is 0 Å². The average Bonchev–Trinajstić information content (AvgIpc) is 2.96. The molecule has 0 radical (unpaired) electrons. The van der Waals surface area contributed by atoms with E-state index in [4.69, 9.17) is 14.7 Å². The first-order valence-electron chi connectivity index (χ1n) is 6.87. The highest BCUT2D eigenvalue weighted by atomic mass is 32.1. The van der Waals surface area contributed by atoms with E-state index in [-0.39, 0.29) is 0 Å². The van der Waals surface area contributed by atoms with E-state index in [0.29, 0.717) is 5.82 Å². The lowest BCUT2D eigenvalue weighted by atomic mass is 10.1. The van der Waals surface area contributed by atoms with Crippen LogP contribution < -0.4 is 10.1 Å². The van der Waals surface area contributed by atoms with Gasteiger partial charge in [-0.15, -0.1) is 11.3 Å². The highest BCUT2D eigenvalue weighted by molar-refractivity contribution is 7.13. The molecule has 0 bridgehead atoms. The zero-order valence-electron chi connectivity index (χ0n) is 12.3. The summed E-state index contributed by atoms with van der Waals surface area (Å²) in [6.07, 6.45) is 0. The third-order valence-electron chi connectivity index (χ3n) is 3.33. The molecular weight excluding hydrogens is 282 g/mol. The Balaban J connectivity index is 2.26. The van der Waals surface area contributed by atoms with Crippen LogP contribution in [0.2, 0.25) is 0 Å². The number of nitrogens with zero attached hydrogens (tertiary/aromatic N) is 2. The van der Waals surface area contributed by atoms with E-state index in [2.05, 4.69) is 25.2 Å². The van der Waals surface area contributed by atoms with E-state index in [1.807, 2.05) is 23.6 Å². The molecule has 3 aromatic rings. The van der Waals surface area contributed by atoms with E-state index in [0.717, 1.165) is 33.9 Å². The molecule has 0 saturated heterocycles. The molecule has 108 valence electrons. The Morgan fingerprint density at radius 3 is 2.86 bits per heavy atom. The first-order chi connectivity index (χ1) is 10.2. The monoisotopic (exact) mass is 299 g/mol. The van der Waals surface area contributed by atoms with Crippen molar-refractivity contribution in [1.82, 2.24) is 9.97 Å². The van der Waals surface area contributed by atoms with Gasteiger partial charge in [0.15, 0.2) is 5.82 Å². The van der Waals surface area contributed by atoms with Gasteiger partial charge < -0.3 is 10.1 Å². The minimum absolute atomic E-state index is 0.705. The van der Waals surface area contributed by atoms with Gasteiger partial charge in [-0.1, -0.05) is 12.1 Å². The van der Waals surface area contributed by atoms with Crippen molar-refractivity contribution in [2.45, 2.75) is 13.8 Å². The van der Waals surface area contributed by atoms with Crippen molar-refractivity contribution in [3.63, 3.8) is 0 Å². The lowest BCUT2D eigenvalue weighted by Crippen LogP contribution is -2.03. The molecule has 0 unspecified atom stereocenters. The molecule has 2 heterocycles.